The van der Waals surface area contributed by atoms with Gasteiger partial charge < -0.3 is 14.8 Å². The first-order valence-corrected chi connectivity index (χ1v) is 7.33. The fourth-order valence-corrected chi connectivity index (χ4v) is 2.65. The van der Waals surface area contributed by atoms with E-state index in [0.717, 1.165) is 12.3 Å². The molecule has 1 aliphatic carbocycles. The summed E-state index contributed by atoms with van der Waals surface area (Å²) in [4.78, 5) is 0. The average Bonchev–Trinajstić information content (AvgIpc) is 2.45. The van der Waals surface area contributed by atoms with Crippen LogP contribution in [0.1, 0.15) is 43.4 Å². The minimum absolute atomic E-state index is 0.525. The average molecular weight is 263 g/mol. The molecule has 19 heavy (non-hydrogen) atoms. The standard InChI is InChI=1S/C16H25NO2/c1-3-9-17-16-6-4-5-13-12-14(7-8-15(13)16)19-11-10-18-2/h7-8,12,16-17H,3-6,9-11H2,1-2H3. The number of hydrogen-bond donors (Lipinski definition) is 1. The van der Waals surface area contributed by atoms with Crippen molar-refractivity contribution in [3.05, 3.63) is 29.3 Å². The van der Waals surface area contributed by atoms with Gasteiger partial charge in [0.1, 0.15) is 12.4 Å². The first-order chi connectivity index (χ1) is 9.35. The van der Waals surface area contributed by atoms with E-state index < -0.39 is 0 Å². The second-order valence-corrected chi connectivity index (χ2v) is 5.10. The van der Waals surface area contributed by atoms with E-state index in [9.17, 15) is 0 Å². The van der Waals surface area contributed by atoms with Crippen LogP contribution in [0.3, 0.4) is 0 Å². The molecule has 0 bridgehead atoms. The molecule has 106 valence electrons. The minimum atomic E-state index is 0.525. The quantitative estimate of drug-likeness (QED) is 0.767. The molecular formula is C16H25NO2. The van der Waals surface area contributed by atoms with Crippen LogP contribution in [-0.2, 0) is 11.2 Å². The van der Waals surface area contributed by atoms with Crippen molar-refractivity contribution in [1.29, 1.82) is 0 Å². The third-order valence-corrected chi connectivity index (χ3v) is 3.63. The molecule has 0 amide bonds. The van der Waals surface area contributed by atoms with Crippen LogP contribution in [0, 0.1) is 0 Å². The van der Waals surface area contributed by atoms with E-state index in [-0.39, 0.29) is 0 Å². The fraction of sp³-hybridized carbons (Fsp3) is 0.625. The SMILES string of the molecule is CCCNC1CCCc2cc(OCCOC)ccc21. The summed E-state index contributed by atoms with van der Waals surface area (Å²) >= 11 is 0. The van der Waals surface area contributed by atoms with Gasteiger partial charge in [-0.3, -0.25) is 0 Å². The molecule has 0 saturated heterocycles. The van der Waals surface area contributed by atoms with Crippen molar-refractivity contribution in [1.82, 2.24) is 5.32 Å². The molecule has 1 aromatic carbocycles. The first kappa shape index (κ1) is 14.4. The van der Waals surface area contributed by atoms with E-state index in [2.05, 4.69) is 30.4 Å². The van der Waals surface area contributed by atoms with Crippen molar-refractivity contribution in [3.8, 4) is 5.75 Å². The Morgan fingerprint density at radius 3 is 3.00 bits per heavy atom. The minimum Gasteiger partial charge on any atom is -0.491 e. The lowest BCUT2D eigenvalue weighted by Crippen LogP contribution is -2.25. The van der Waals surface area contributed by atoms with E-state index in [4.69, 9.17) is 9.47 Å². The van der Waals surface area contributed by atoms with Crippen molar-refractivity contribution < 1.29 is 9.47 Å². The van der Waals surface area contributed by atoms with Crippen molar-refractivity contribution >= 4 is 0 Å². The van der Waals surface area contributed by atoms with E-state index in [1.807, 2.05) is 0 Å². The largest absolute Gasteiger partial charge is 0.491 e. The summed E-state index contributed by atoms with van der Waals surface area (Å²) in [6.07, 6.45) is 4.86. The lowest BCUT2D eigenvalue weighted by Gasteiger charge is -2.27. The predicted molar refractivity (Wildman–Crippen MR) is 77.8 cm³/mol. The number of benzene rings is 1. The van der Waals surface area contributed by atoms with Gasteiger partial charge in [0.05, 0.1) is 6.61 Å². The summed E-state index contributed by atoms with van der Waals surface area (Å²) in [6, 6.07) is 7.03. The molecule has 0 spiro atoms. The molecule has 0 aromatic heterocycles. The van der Waals surface area contributed by atoms with Crippen LogP contribution in [0.2, 0.25) is 0 Å². The van der Waals surface area contributed by atoms with Crippen LogP contribution in [0.25, 0.3) is 0 Å². The molecule has 3 nitrogen and oxygen atoms in total. The first-order valence-electron chi connectivity index (χ1n) is 7.33. The van der Waals surface area contributed by atoms with Gasteiger partial charge in [-0.25, -0.2) is 0 Å². The lowest BCUT2D eigenvalue weighted by atomic mass is 9.87. The van der Waals surface area contributed by atoms with Gasteiger partial charge in [0.25, 0.3) is 0 Å². The topological polar surface area (TPSA) is 30.5 Å². The molecule has 3 heteroatoms. The second kappa shape index (κ2) is 7.51. The zero-order valence-corrected chi connectivity index (χ0v) is 12.1. The Labute approximate surface area is 116 Å². The number of nitrogens with one attached hydrogen (secondary N) is 1. The van der Waals surface area contributed by atoms with Gasteiger partial charge in [0.2, 0.25) is 0 Å². The highest BCUT2D eigenvalue weighted by Gasteiger charge is 2.19. The fourth-order valence-electron chi connectivity index (χ4n) is 2.65. The number of ether oxygens (including phenoxy) is 2. The summed E-state index contributed by atoms with van der Waals surface area (Å²) < 4.78 is 10.7. The van der Waals surface area contributed by atoms with E-state index in [1.54, 1.807) is 7.11 Å². The Kier molecular flexibility index (Phi) is 5.67. The van der Waals surface area contributed by atoms with Crippen molar-refractivity contribution in [2.24, 2.45) is 0 Å². The Bertz CT molecular complexity index is 392. The highest BCUT2D eigenvalue weighted by molar-refractivity contribution is 5.39. The van der Waals surface area contributed by atoms with Crippen molar-refractivity contribution in [2.75, 3.05) is 26.9 Å². The molecule has 1 aromatic rings. The molecule has 0 fully saturated rings. The van der Waals surface area contributed by atoms with Crippen LogP contribution in [0.4, 0.5) is 0 Å². The van der Waals surface area contributed by atoms with Gasteiger partial charge in [0, 0.05) is 13.2 Å². The van der Waals surface area contributed by atoms with Crippen LogP contribution in [0.5, 0.6) is 5.75 Å². The van der Waals surface area contributed by atoms with Crippen molar-refractivity contribution in [3.63, 3.8) is 0 Å². The van der Waals surface area contributed by atoms with Crippen molar-refractivity contribution in [2.45, 2.75) is 38.6 Å². The number of aryl methyl sites for hydroxylation is 1. The Balaban J connectivity index is 2.02. The van der Waals surface area contributed by atoms with Gasteiger partial charge in [-0.15, -0.1) is 0 Å². The van der Waals surface area contributed by atoms with Crippen LogP contribution in [-0.4, -0.2) is 26.9 Å². The highest BCUT2D eigenvalue weighted by Crippen LogP contribution is 2.32. The highest BCUT2D eigenvalue weighted by atomic mass is 16.5. The second-order valence-electron chi connectivity index (χ2n) is 5.10. The smallest absolute Gasteiger partial charge is 0.119 e. The Morgan fingerprint density at radius 1 is 1.32 bits per heavy atom. The zero-order chi connectivity index (χ0) is 13.5. The molecule has 0 radical (unpaired) electrons. The number of fused-ring (bicyclic) bond motifs is 1. The summed E-state index contributed by atoms with van der Waals surface area (Å²) in [6.45, 7) is 4.56. The molecule has 1 aliphatic rings. The third kappa shape index (κ3) is 3.95. The number of methoxy groups -OCH3 is 1. The van der Waals surface area contributed by atoms with Gasteiger partial charge in [-0.2, -0.15) is 0 Å². The summed E-state index contributed by atoms with van der Waals surface area (Å²) in [5.41, 5.74) is 2.90. The number of rotatable bonds is 7. The molecular weight excluding hydrogens is 238 g/mol. The van der Waals surface area contributed by atoms with Crippen LogP contribution >= 0.6 is 0 Å². The van der Waals surface area contributed by atoms with Crippen LogP contribution < -0.4 is 10.1 Å². The Hall–Kier alpha value is -1.06. The summed E-state index contributed by atoms with van der Waals surface area (Å²) in [7, 11) is 1.69. The monoisotopic (exact) mass is 263 g/mol. The lowest BCUT2D eigenvalue weighted by molar-refractivity contribution is 0.146. The Morgan fingerprint density at radius 2 is 2.21 bits per heavy atom. The van der Waals surface area contributed by atoms with E-state index in [1.165, 1.54) is 36.8 Å². The summed E-state index contributed by atoms with van der Waals surface area (Å²) in [5, 5.41) is 3.64. The summed E-state index contributed by atoms with van der Waals surface area (Å²) in [5.74, 6) is 0.965. The van der Waals surface area contributed by atoms with E-state index in [0.29, 0.717) is 19.3 Å². The van der Waals surface area contributed by atoms with Crippen LogP contribution in [0.15, 0.2) is 18.2 Å². The molecule has 0 aliphatic heterocycles. The zero-order valence-electron chi connectivity index (χ0n) is 12.1. The van der Waals surface area contributed by atoms with Gasteiger partial charge in [0.15, 0.2) is 0 Å². The molecule has 1 unspecified atom stereocenters. The molecule has 0 heterocycles. The molecule has 0 saturated carbocycles. The predicted octanol–water partition coefficient (Wildman–Crippen LogP) is 3.09. The van der Waals surface area contributed by atoms with E-state index >= 15 is 0 Å². The van der Waals surface area contributed by atoms with Gasteiger partial charge >= 0.3 is 0 Å². The maximum Gasteiger partial charge on any atom is 0.119 e. The molecule has 1 atom stereocenters. The van der Waals surface area contributed by atoms with Gasteiger partial charge in [-0.1, -0.05) is 13.0 Å². The third-order valence-electron chi connectivity index (χ3n) is 3.63. The maximum absolute atomic E-state index is 5.68. The molecule has 2 rings (SSSR count). The number of hydrogen-bond acceptors (Lipinski definition) is 3. The maximum atomic E-state index is 5.68. The normalized spacial score (nSPS) is 18.1. The van der Waals surface area contributed by atoms with Gasteiger partial charge in [-0.05, 0) is 55.5 Å². The molecule has 1 N–H and O–H groups in total.